The van der Waals surface area contributed by atoms with Crippen LogP contribution >= 0.6 is 23.4 Å². The summed E-state index contributed by atoms with van der Waals surface area (Å²) in [5, 5.41) is 0.556. The Labute approximate surface area is 166 Å². The number of benzene rings is 2. The smallest absolute Gasteiger partial charge is 0.416 e. The molecule has 0 radical (unpaired) electrons. The van der Waals surface area contributed by atoms with Crippen LogP contribution in [0.2, 0.25) is 5.02 Å². The molecule has 0 spiro atoms. The van der Waals surface area contributed by atoms with E-state index >= 15 is 0 Å². The summed E-state index contributed by atoms with van der Waals surface area (Å²) in [7, 11) is 0. The molecule has 0 atom stereocenters. The lowest BCUT2D eigenvalue weighted by Crippen LogP contribution is -2.05. The molecule has 0 aliphatic rings. The van der Waals surface area contributed by atoms with E-state index in [0.717, 1.165) is 29.0 Å². The van der Waals surface area contributed by atoms with Crippen molar-refractivity contribution in [1.82, 2.24) is 0 Å². The first-order valence-corrected chi connectivity index (χ1v) is 9.68. The monoisotopic (exact) mass is 416 g/mol. The van der Waals surface area contributed by atoms with Gasteiger partial charge in [0.05, 0.1) is 17.2 Å². The number of hydrogen-bond donors (Lipinski definition) is 0. The summed E-state index contributed by atoms with van der Waals surface area (Å²) in [6.45, 7) is 6.80. The van der Waals surface area contributed by atoms with Gasteiger partial charge in [-0.25, -0.2) is 0 Å². The molecule has 0 aliphatic heterocycles. The summed E-state index contributed by atoms with van der Waals surface area (Å²) < 4.78 is 48.6. The molecular formula is C20H20ClF3O2S. The van der Waals surface area contributed by atoms with Crippen LogP contribution in [-0.2, 0) is 6.18 Å². The van der Waals surface area contributed by atoms with Crippen molar-refractivity contribution in [3.05, 3.63) is 65.2 Å². The molecule has 0 N–H and O–H groups in total. The molecule has 0 amide bonds. The number of rotatable bonds is 9. The zero-order valence-corrected chi connectivity index (χ0v) is 16.4. The van der Waals surface area contributed by atoms with Gasteiger partial charge in [0.1, 0.15) is 18.1 Å². The third kappa shape index (κ3) is 7.03. The molecule has 2 aromatic carbocycles. The van der Waals surface area contributed by atoms with Gasteiger partial charge < -0.3 is 9.47 Å². The molecule has 0 heterocycles. The van der Waals surface area contributed by atoms with Gasteiger partial charge in [-0.1, -0.05) is 25.1 Å². The number of thioether (sulfide) groups is 1. The minimum Gasteiger partial charge on any atom is -0.492 e. The largest absolute Gasteiger partial charge is 0.492 e. The molecule has 0 bridgehead atoms. The predicted octanol–water partition coefficient (Wildman–Crippen LogP) is 6.87. The van der Waals surface area contributed by atoms with E-state index in [9.17, 15) is 13.2 Å². The summed E-state index contributed by atoms with van der Waals surface area (Å²) in [6.07, 6.45) is -3.44. The molecule has 0 fully saturated rings. The Morgan fingerprint density at radius 2 is 1.81 bits per heavy atom. The fourth-order valence-corrected chi connectivity index (χ4v) is 3.17. The highest BCUT2D eigenvalue weighted by molar-refractivity contribution is 7.99. The number of hydrogen-bond acceptors (Lipinski definition) is 3. The van der Waals surface area contributed by atoms with Crippen molar-refractivity contribution >= 4 is 23.4 Å². The van der Waals surface area contributed by atoms with E-state index in [-0.39, 0.29) is 6.61 Å². The van der Waals surface area contributed by atoms with E-state index in [1.807, 2.05) is 25.1 Å². The van der Waals surface area contributed by atoms with Gasteiger partial charge in [0.2, 0.25) is 0 Å². The molecule has 0 aromatic heterocycles. The maximum absolute atomic E-state index is 12.5. The van der Waals surface area contributed by atoms with E-state index in [1.165, 1.54) is 12.1 Å². The van der Waals surface area contributed by atoms with Crippen LogP contribution in [0.15, 0.2) is 59.5 Å². The Morgan fingerprint density at radius 3 is 2.41 bits per heavy atom. The second-order valence-corrected chi connectivity index (χ2v) is 7.25. The average Bonchev–Trinajstić information content (AvgIpc) is 2.63. The molecule has 2 aromatic rings. The van der Waals surface area contributed by atoms with E-state index in [2.05, 4.69) is 6.58 Å². The van der Waals surface area contributed by atoms with Crippen LogP contribution in [0.3, 0.4) is 0 Å². The van der Waals surface area contributed by atoms with Crippen molar-refractivity contribution < 1.29 is 22.6 Å². The Kier molecular flexibility index (Phi) is 7.92. The van der Waals surface area contributed by atoms with Gasteiger partial charge in [-0.15, -0.1) is 11.8 Å². The van der Waals surface area contributed by atoms with Crippen LogP contribution in [0.5, 0.6) is 11.5 Å². The van der Waals surface area contributed by atoms with Gasteiger partial charge in [0, 0.05) is 10.6 Å². The van der Waals surface area contributed by atoms with Crippen LogP contribution in [-0.4, -0.2) is 19.0 Å². The van der Waals surface area contributed by atoms with E-state index in [1.54, 1.807) is 11.8 Å². The van der Waals surface area contributed by atoms with Crippen molar-refractivity contribution in [3.8, 4) is 11.5 Å². The summed E-state index contributed by atoms with van der Waals surface area (Å²) in [4.78, 5) is 0.972. The first kappa shape index (κ1) is 21.5. The Morgan fingerprint density at radius 1 is 1.11 bits per heavy atom. The second-order valence-electron chi connectivity index (χ2n) is 5.79. The Balaban J connectivity index is 1.80. The standard InChI is InChI=1S/C20H20ClF3O2S/c1-3-10-25-19-9-8-17(11-18(19)21)27-13-14(2)12-26-16-6-4-15(5-7-16)20(22,23)24/h4-9,11H,2-3,10,12-13H2,1H3. The summed E-state index contributed by atoms with van der Waals surface area (Å²) in [6, 6.07) is 10.2. The molecule has 0 saturated heterocycles. The van der Waals surface area contributed by atoms with E-state index in [4.69, 9.17) is 21.1 Å². The Bertz CT molecular complexity index is 761. The van der Waals surface area contributed by atoms with Crippen molar-refractivity contribution in [3.63, 3.8) is 0 Å². The predicted molar refractivity (Wildman–Crippen MR) is 104 cm³/mol. The lowest BCUT2D eigenvalue weighted by Gasteiger charge is -2.11. The lowest BCUT2D eigenvalue weighted by atomic mass is 10.2. The van der Waals surface area contributed by atoms with Gasteiger partial charge in [-0.05, 0) is 54.5 Å². The van der Waals surface area contributed by atoms with Gasteiger partial charge in [-0.3, -0.25) is 0 Å². The van der Waals surface area contributed by atoms with E-state index < -0.39 is 11.7 Å². The minimum atomic E-state index is -4.35. The second kappa shape index (κ2) is 9.95. The first-order chi connectivity index (χ1) is 12.8. The summed E-state index contributed by atoms with van der Waals surface area (Å²) in [5.41, 5.74) is 0.106. The van der Waals surface area contributed by atoms with Crippen LogP contribution in [0.25, 0.3) is 0 Å². The Hall–Kier alpha value is -1.79. The van der Waals surface area contributed by atoms with Gasteiger partial charge in [0.15, 0.2) is 0 Å². The number of halogens is 4. The summed E-state index contributed by atoms with van der Waals surface area (Å²) >= 11 is 7.75. The highest BCUT2D eigenvalue weighted by atomic mass is 35.5. The molecule has 2 rings (SSSR count). The van der Waals surface area contributed by atoms with Crippen molar-refractivity contribution in [2.45, 2.75) is 24.4 Å². The fraction of sp³-hybridized carbons (Fsp3) is 0.300. The van der Waals surface area contributed by atoms with Gasteiger partial charge in [-0.2, -0.15) is 13.2 Å². The highest BCUT2D eigenvalue weighted by Crippen LogP contribution is 2.32. The van der Waals surface area contributed by atoms with Crippen LogP contribution < -0.4 is 9.47 Å². The molecule has 27 heavy (non-hydrogen) atoms. The molecule has 2 nitrogen and oxygen atoms in total. The number of alkyl halides is 3. The summed E-state index contributed by atoms with van der Waals surface area (Å²) in [5.74, 6) is 1.63. The maximum Gasteiger partial charge on any atom is 0.416 e. The maximum atomic E-state index is 12.5. The van der Waals surface area contributed by atoms with Gasteiger partial charge in [0.25, 0.3) is 0 Å². The normalized spacial score (nSPS) is 11.3. The molecule has 0 aliphatic carbocycles. The lowest BCUT2D eigenvalue weighted by molar-refractivity contribution is -0.137. The zero-order valence-electron chi connectivity index (χ0n) is 14.8. The van der Waals surface area contributed by atoms with Crippen LogP contribution in [0.4, 0.5) is 13.2 Å². The van der Waals surface area contributed by atoms with Crippen molar-refractivity contribution in [2.75, 3.05) is 19.0 Å². The van der Waals surface area contributed by atoms with Gasteiger partial charge >= 0.3 is 6.18 Å². The van der Waals surface area contributed by atoms with Crippen LogP contribution in [0.1, 0.15) is 18.9 Å². The van der Waals surface area contributed by atoms with E-state index in [0.29, 0.717) is 28.9 Å². The van der Waals surface area contributed by atoms with Crippen molar-refractivity contribution in [2.24, 2.45) is 0 Å². The molecule has 0 unspecified atom stereocenters. The average molecular weight is 417 g/mol. The third-order valence-corrected chi connectivity index (χ3v) is 4.87. The molecule has 146 valence electrons. The SMILES string of the molecule is C=C(COc1ccc(C(F)(F)F)cc1)CSc1ccc(OCCC)c(Cl)c1. The van der Waals surface area contributed by atoms with Crippen LogP contribution in [0, 0.1) is 0 Å². The molecular weight excluding hydrogens is 397 g/mol. The highest BCUT2D eigenvalue weighted by Gasteiger charge is 2.30. The topological polar surface area (TPSA) is 18.5 Å². The fourth-order valence-electron chi connectivity index (χ4n) is 2.05. The quantitative estimate of drug-likeness (QED) is 0.328. The zero-order chi connectivity index (χ0) is 19.9. The molecule has 0 saturated carbocycles. The first-order valence-electron chi connectivity index (χ1n) is 8.31. The third-order valence-electron chi connectivity index (χ3n) is 3.43. The molecule has 7 heteroatoms. The minimum absolute atomic E-state index is 0.226. The number of ether oxygens (including phenoxy) is 2. The van der Waals surface area contributed by atoms with Crippen molar-refractivity contribution in [1.29, 1.82) is 0 Å².